The van der Waals surface area contributed by atoms with Gasteiger partial charge in [0.05, 0.1) is 15.6 Å². The highest BCUT2D eigenvalue weighted by atomic mass is 79.9. The first-order chi connectivity index (χ1) is 9.88. The summed E-state index contributed by atoms with van der Waals surface area (Å²) < 4.78 is 0.604. The molecule has 0 spiro atoms. The maximum Gasteiger partial charge on any atom is 0.271 e. The quantitative estimate of drug-likeness (QED) is 0.636. The summed E-state index contributed by atoms with van der Waals surface area (Å²) in [5, 5.41) is 13.9. The second-order valence-electron chi connectivity index (χ2n) is 4.34. The number of halogens is 2. The van der Waals surface area contributed by atoms with Crippen LogP contribution in [0.2, 0.25) is 5.02 Å². The minimum absolute atomic E-state index is 0.0758. The van der Waals surface area contributed by atoms with E-state index in [-0.39, 0.29) is 11.6 Å². The van der Waals surface area contributed by atoms with E-state index in [4.69, 9.17) is 11.6 Å². The van der Waals surface area contributed by atoms with Gasteiger partial charge in [0, 0.05) is 22.2 Å². The zero-order chi connectivity index (χ0) is 15.6. The molecule has 0 bridgehead atoms. The van der Waals surface area contributed by atoms with Crippen molar-refractivity contribution < 1.29 is 9.72 Å². The lowest BCUT2D eigenvalue weighted by atomic mass is 10.1. The number of nitro groups is 1. The number of carbonyl (C=O) groups excluding carboxylic acids is 1. The molecule has 108 valence electrons. The fraction of sp³-hybridized carbons (Fsp3) is 0.0714. The molecule has 0 aliphatic rings. The average Bonchev–Trinajstić information content (AvgIpc) is 2.43. The van der Waals surface area contributed by atoms with Crippen molar-refractivity contribution in [2.24, 2.45) is 0 Å². The van der Waals surface area contributed by atoms with Crippen LogP contribution >= 0.6 is 27.5 Å². The molecule has 0 atom stereocenters. The van der Waals surface area contributed by atoms with E-state index in [1.165, 1.54) is 12.1 Å². The molecule has 0 saturated heterocycles. The lowest BCUT2D eigenvalue weighted by molar-refractivity contribution is -0.384. The summed E-state index contributed by atoms with van der Waals surface area (Å²) in [6.07, 6.45) is 0. The molecule has 0 fully saturated rings. The number of nitro benzene ring substituents is 1. The summed E-state index contributed by atoms with van der Waals surface area (Å²) in [6, 6.07) is 9.08. The standard InChI is InChI=1S/C14H10BrClN2O3/c1-8-2-4-10(18(20)21)7-13(8)17-14(19)9-3-5-12(16)11(15)6-9/h2-7H,1H3,(H,17,19). The number of hydrogen-bond acceptors (Lipinski definition) is 3. The number of nitrogens with one attached hydrogen (secondary N) is 1. The number of aryl methyl sites for hydroxylation is 1. The summed E-state index contributed by atoms with van der Waals surface area (Å²) in [7, 11) is 0. The van der Waals surface area contributed by atoms with Gasteiger partial charge >= 0.3 is 0 Å². The number of rotatable bonds is 3. The largest absolute Gasteiger partial charge is 0.321 e. The van der Waals surface area contributed by atoms with Crippen LogP contribution in [-0.2, 0) is 0 Å². The van der Waals surface area contributed by atoms with Gasteiger partial charge in [-0.3, -0.25) is 14.9 Å². The van der Waals surface area contributed by atoms with Gasteiger partial charge in [0.1, 0.15) is 0 Å². The van der Waals surface area contributed by atoms with Gasteiger partial charge in [-0.1, -0.05) is 17.7 Å². The molecule has 0 aliphatic heterocycles. The van der Waals surface area contributed by atoms with E-state index >= 15 is 0 Å². The Kier molecular flexibility index (Phi) is 4.59. The molecular weight excluding hydrogens is 360 g/mol. The highest BCUT2D eigenvalue weighted by molar-refractivity contribution is 9.10. The number of benzene rings is 2. The second kappa shape index (κ2) is 6.24. The topological polar surface area (TPSA) is 72.2 Å². The molecule has 0 saturated carbocycles. The Hall–Kier alpha value is -1.92. The van der Waals surface area contributed by atoms with E-state index in [1.54, 1.807) is 31.2 Å². The predicted octanol–water partition coefficient (Wildman–Crippen LogP) is 4.57. The Balaban J connectivity index is 2.28. The zero-order valence-electron chi connectivity index (χ0n) is 10.9. The van der Waals surface area contributed by atoms with Crippen molar-refractivity contribution in [3.05, 3.63) is 67.1 Å². The van der Waals surface area contributed by atoms with Crippen LogP contribution in [0.5, 0.6) is 0 Å². The summed E-state index contributed by atoms with van der Waals surface area (Å²) in [5.74, 6) is -0.365. The second-order valence-corrected chi connectivity index (χ2v) is 5.60. The van der Waals surface area contributed by atoms with Crippen molar-refractivity contribution in [1.82, 2.24) is 0 Å². The third-order valence-corrected chi connectivity index (χ3v) is 4.08. The predicted molar refractivity (Wildman–Crippen MR) is 84.9 cm³/mol. The third kappa shape index (κ3) is 3.59. The van der Waals surface area contributed by atoms with Crippen molar-refractivity contribution in [2.45, 2.75) is 6.92 Å². The normalized spacial score (nSPS) is 10.2. The first kappa shape index (κ1) is 15.5. The van der Waals surface area contributed by atoms with Crippen molar-refractivity contribution in [3.8, 4) is 0 Å². The minimum Gasteiger partial charge on any atom is -0.321 e. The summed E-state index contributed by atoms with van der Waals surface area (Å²) in [4.78, 5) is 22.4. The maximum absolute atomic E-state index is 12.2. The number of hydrogen-bond donors (Lipinski definition) is 1. The van der Waals surface area contributed by atoms with Crippen LogP contribution in [0, 0.1) is 17.0 Å². The van der Waals surface area contributed by atoms with Gasteiger partial charge in [0.15, 0.2) is 0 Å². The summed E-state index contributed by atoms with van der Waals surface area (Å²) in [6.45, 7) is 1.76. The minimum atomic E-state index is -0.506. The molecule has 21 heavy (non-hydrogen) atoms. The average molecular weight is 370 g/mol. The maximum atomic E-state index is 12.2. The molecule has 0 radical (unpaired) electrons. The van der Waals surface area contributed by atoms with E-state index in [1.807, 2.05) is 0 Å². The molecule has 5 nitrogen and oxygen atoms in total. The number of nitrogens with zero attached hydrogens (tertiary/aromatic N) is 1. The van der Waals surface area contributed by atoms with Gasteiger partial charge in [-0.2, -0.15) is 0 Å². The Bertz CT molecular complexity index is 734. The van der Waals surface area contributed by atoms with Crippen molar-refractivity contribution in [3.63, 3.8) is 0 Å². The molecule has 2 aromatic carbocycles. The summed E-state index contributed by atoms with van der Waals surface area (Å²) >= 11 is 9.12. The lowest BCUT2D eigenvalue weighted by Crippen LogP contribution is -2.13. The monoisotopic (exact) mass is 368 g/mol. The number of carbonyl (C=O) groups is 1. The summed E-state index contributed by atoms with van der Waals surface area (Å²) in [5.41, 5.74) is 1.47. The third-order valence-electron chi connectivity index (χ3n) is 2.86. The number of amides is 1. The lowest BCUT2D eigenvalue weighted by Gasteiger charge is -2.09. The van der Waals surface area contributed by atoms with Crippen LogP contribution in [0.3, 0.4) is 0 Å². The van der Waals surface area contributed by atoms with Crippen LogP contribution in [0.25, 0.3) is 0 Å². The first-order valence-electron chi connectivity index (χ1n) is 5.90. The molecule has 2 rings (SSSR count). The van der Waals surface area contributed by atoms with Crippen LogP contribution in [0.15, 0.2) is 40.9 Å². The zero-order valence-corrected chi connectivity index (χ0v) is 13.2. The SMILES string of the molecule is Cc1ccc([N+](=O)[O-])cc1NC(=O)c1ccc(Cl)c(Br)c1. The highest BCUT2D eigenvalue weighted by Crippen LogP contribution is 2.25. The Labute approximate surface area is 134 Å². The first-order valence-corrected chi connectivity index (χ1v) is 7.07. The number of non-ortho nitro benzene ring substituents is 1. The number of anilines is 1. The van der Waals surface area contributed by atoms with E-state index in [2.05, 4.69) is 21.2 Å². The van der Waals surface area contributed by atoms with Crippen molar-refractivity contribution in [1.29, 1.82) is 0 Å². The fourth-order valence-corrected chi connectivity index (χ4v) is 2.19. The van der Waals surface area contributed by atoms with Crippen molar-refractivity contribution in [2.75, 3.05) is 5.32 Å². The van der Waals surface area contributed by atoms with Crippen LogP contribution in [0.1, 0.15) is 15.9 Å². The van der Waals surface area contributed by atoms with Gasteiger partial charge in [0.25, 0.3) is 11.6 Å². The van der Waals surface area contributed by atoms with Gasteiger partial charge in [-0.05, 0) is 46.6 Å². The molecule has 2 aromatic rings. The van der Waals surface area contributed by atoms with E-state index in [9.17, 15) is 14.9 Å². The highest BCUT2D eigenvalue weighted by Gasteiger charge is 2.13. The molecule has 1 N–H and O–H groups in total. The Morgan fingerprint density at radius 3 is 2.62 bits per heavy atom. The Morgan fingerprint density at radius 1 is 1.29 bits per heavy atom. The van der Waals surface area contributed by atoms with Gasteiger partial charge in [0.2, 0.25) is 0 Å². The van der Waals surface area contributed by atoms with Crippen LogP contribution in [0.4, 0.5) is 11.4 Å². The van der Waals surface area contributed by atoms with Gasteiger partial charge in [-0.15, -0.1) is 0 Å². The molecule has 7 heteroatoms. The fourth-order valence-electron chi connectivity index (χ4n) is 1.69. The van der Waals surface area contributed by atoms with E-state index in [0.29, 0.717) is 20.7 Å². The molecule has 0 aliphatic carbocycles. The van der Waals surface area contributed by atoms with Crippen LogP contribution in [-0.4, -0.2) is 10.8 Å². The van der Waals surface area contributed by atoms with Crippen molar-refractivity contribution >= 4 is 44.8 Å². The molecule has 0 aromatic heterocycles. The molecule has 0 heterocycles. The van der Waals surface area contributed by atoms with Crippen LogP contribution < -0.4 is 5.32 Å². The molecule has 0 unspecified atom stereocenters. The van der Waals surface area contributed by atoms with Gasteiger partial charge < -0.3 is 5.32 Å². The van der Waals surface area contributed by atoms with E-state index < -0.39 is 4.92 Å². The van der Waals surface area contributed by atoms with E-state index in [0.717, 1.165) is 5.56 Å². The molecular formula is C14H10BrClN2O3. The Morgan fingerprint density at radius 2 is 2.00 bits per heavy atom. The smallest absolute Gasteiger partial charge is 0.271 e. The molecule has 1 amide bonds. The van der Waals surface area contributed by atoms with Gasteiger partial charge in [-0.25, -0.2) is 0 Å².